The number of rotatable bonds is 3. The number of carbonyl (C=O) groups excluding carboxylic acids is 1. The van der Waals surface area contributed by atoms with Crippen LogP contribution in [0.1, 0.15) is 10.4 Å². The van der Waals surface area contributed by atoms with Gasteiger partial charge in [0, 0.05) is 6.20 Å². The van der Waals surface area contributed by atoms with E-state index in [1.54, 1.807) is 35.4 Å². The summed E-state index contributed by atoms with van der Waals surface area (Å²) >= 11 is 3.27. The lowest BCUT2D eigenvalue weighted by Crippen LogP contribution is -2.15. The SMILES string of the molecule is O=C(Nc1ccccc1-n1cncn1)c1cccnc1Br. The van der Waals surface area contributed by atoms with E-state index in [1.165, 1.54) is 6.33 Å². The molecule has 0 radical (unpaired) electrons. The Bertz CT molecular complexity index is 773. The molecule has 6 nitrogen and oxygen atoms in total. The van der Waals surface area contributed by atoms with E-state index in [4.69, 9.17) is 0 Å². The number of nitrogens with one attached hydrogen (secondary N) is 1. The number of pyridine rings is 1. The van der Waals surface area contributed by atoms with E-state index in [2.05, 4.69) is 36.3 Å². The van der Waals surface area contributed by atoms with Gasteiger partial charge in [0.25, 0.3) is 5.91 Å². The molecule has 0 aliphatic rings. The Morgan fingerprint density at radius 1 is 1.19 bits per heavy atom. The first-order chi connectivity index (χ1) is 10.3. The maximum absolute atomic E-state index is 12.3. The van der Waals surface area contributed by atoms with E-state index >= 15 is 0 Å². The summed E-state index contributed by atoms with van der Waals surface area (Å²) in [7, 11) is 0. The monoisotopic (exact) mass is 343 g/mol. The van der Waals surface area contributed by atoms with Crippen LogP contribution in [-0.4, -0.2) is 25.7 Å². The van der Waals surface area contributed by atoms with Gasteiger partial charge < -0.3 is 5.32 Å². The first-order valence-electron chi connectivity index (χ1n) is 6.11. The van der Waals surface area contributed by atoms with Gasteiger partial charge in [0.05, 0.1) is 16.9 Å². The third kappa shape index (κ3) is 2.82. The number of para-hydroxylation sites is 2. The molecular weight excluding hydrogens is 334 g/mol. The Morgan fingerprint density at radius 2 is 2.05 bits per heavy atom. The summed E-state index contributed by atoms with van der Waals surface area (Å²) in [4.78, 5) is 20.3. The average Bonchev–Trinajstić information content (AvgIpc) is 3.02. The van der Waals surface area contributed by atoms with Gasteiger partial charge in [-0.15, -0.1) is 0 Å². The number of halogens is 1. The van der Waals surface area contributed by atoms with E-state index in [9.17, 15) is 4.79 Å². The highest BCUT2D eigenvalue weighted by atomic mass is 79.9. The van der Waals surface area contributed by atoms with Gasteiger partial charge in [-0.25, -0.2) is 14.6 Å². The second-order valence-electron chi connectivity index (χ2n) is 4.15. The van der Waals surface area contributed by atoms with Crippen molar-refractivity contribution >= 4 is 27.5 Å². The Hall–Kier alpha value is -2.54. The zero-order valence-corrected chi connectivity index (χ0v) is 12.4. The highest BCUT2D eigenvalue weighted by molar-refractivity contribution is 9.10. The van der Waals surface area contributed by atoms with Crippen LogP contribution >= 0.6 is 15.9 Å². The third-order valence-electron chi connectivity index (χ3n) is 2.82. The zero-order valence-electron chi connectivity index (χ0n) is 10.8. The van der Waals surface area contributed by atoms with Crippen LogP contribution in [-0.2, 0) is 0 Å². The second kappa shape index (κ2) is 5.84. The van der Waals surface area contributed by atoms with Crippen molar-refractivity contribution in [2.24, 2.45) is 0 Å². The molecule has 2 aromatic heterocycles. The first kappa shape index (κ1) is 13.4. The Labute approximate surface area is 129 Å². The largest absolute Gasteiger partial charge is 0.320 e. The molecule has 0 aliphatic heterocycles. The standard InChI is InChI=1S/C14H10BrN5O/c15-13-10(4-3-7-17-13)14(21)19-11-5-1-2-6-12(11)20-9-16-8-18-20/h1-9H,(H,19,21). The van der Waals surface area contributed by atoms with Crippen LogP contribution < -0.4 is 5.32 Å². The van der Waals surface area contributed by atoms with Crippen molar-refractivity contribution in [1.29, 1.82) is 0 Å². The summed E-state index contributed by atoms with van der Waals surface area (Å²) in [5.41, 5.74) is 1.85. The Balaban J connectivity index is 1.93. The van der Waals surface area contributed by atoms with Crippen molar-refractivity contribution < 1.29 is 4.79 Å². The highest BCUT2D eigenvalue weighted by Gasteiger charge is 2.13. The molecule has 3 aromatic rings. The van der Waals surface area contributed by atoms with Crippen LogP contribution in [0.5, 0.6) is 0 Å². The number of nitrogens with zero attached hydrogens (tertiary/aromatic N) is 4. The predicted molar refractivity (Wildman–Crippen MR) is 81.2 cm³/mol. The molecule has 1 N–H and O–H groups in total. The Kier molecular flexibility index (Phi) is 3.74. The molecule has 0 spiro atoms. The molecule has 21 heavy (non-hydrogen) atoms. The minimum atomic E-state index is -0.248. The molecule has 1 aromatic carbocycles. The van der Waals surface area contributed by atoms with Crippen molar-refractivity contribution in [3.05, 3.63) is 65.4 Å². The molecule has 0 saturated carbocycles. The summed E-state index contributed by atoms with van der Waals surface area (Å²) in [5, 5.41) is 6.94. The van der Waals surface area contributed by atoms with Gasteiger partial charge >= 0.3 is 0 Å². The topological polar surface area (TPSA) is 72.7 Å². The molecule has 0 atom stereocenters. The normalized spacial score (nSPS) is 10.3. The van der Waals surface area contributed by atoms with Gasteiger partial charge in [0.15, 0.2) is 0 Å². The summed E-state index contributed by atoms with van der Waals surface area (Å²) in [6.45, 7) is 0. The highest BCUT2D eigenvalue weighted by Crippen LogP contribution is 2.21. The van der Waals surface area contributed by atoms with Crippen LogP contribution in [0.2, 0.25) is 0 Å². The van der Waals surface area contributed by atoms with Crippen LogP contribution in [0.25, 0.3) is 5.69 Å². The van der Waals surface area contributed by atoms with E-state index < -0.39 is 0 Å². The lowest BCUT2D eigenvalue weighted by Gasteiger charge is -2.11. The number of hydrogen-bond donors (Lipinski definition) is 1. The summed E-state index contributed by atoms with van der Waals surface area (Å²) < 4.78 is 2.09. The maximum Gasteiger partial charge on any atom is 0.258 e. The molecule has 0 aliphatic carbocycles. The quantitative estimate of drug-likeness (QED) is 0.742. The molecule has 7 heteroatoms. The van der Waals surface area contributed by atoms with Gasteiger partial charge in [-0.05, 0) is 40.2 Å². The number of carbonyl (C=O) groups is 1. The number of anilines is 1. The van der Waals surface area contributed by atoms with Gasteiger partial charge in [-0.1, -0.05) is 12.1 Å². The minimum absolute atomic E-state index is 0.248. The number of amides is 1. The number of aromatic nitrogens is 4. The molecule has 104 valence electrons. The second-order valence-corrected chi connectivity index (χ2v) is 4.90. The van der Waals surface area contributed by atoms with Gasteiger partial charge in [-0.3, -0.25) is 4.79 Å². The van der Waals surface area contributed by atoms with Crippen LogP contribution in [0.3, 0.4) is 0 Å². The molecule has 0 bridgehead atoms. The fourth-order valence-corrected chi connectivity index (χ4v) is 2.29. The Morgan fingerprint density at radius 3 is 2.81 bits per heavy atom. The van der Waals surface area contributed by atoms with E-state index in [-0.39, 0.29) is 5.91 Å². The smallest absolute Gasteiger partial charge is 0.258 e. The van der Waals surface area contributed by atoms with Crippen molar-refractivity contribution in [2.75, 3.05) is 5.32 Å². The van der Waals surface area contributed by atoms with Crippen molar-refractivity contribution in [2.45, 2.75) is 0 Å². The van der Waals surface area contributed by atoms with Crippen molar-refractivity contribution in [1.82, 2.24) is 19.7 Å². The van der Waals surface area contributed by atoms with Crippen LogP contribution in [0.15, 0.2) is 59.9 Å². The summed E-state index contributed by atoms with van der Waals surface area (Å²) in [5.74, 6) is -0.248. The molecule has 1 amide bonds. The maximum atomic E-state index is 12.3. The van der Waals surface area contributed by atoms with E-state index in [1.807, 2.05) is 18.2 Å². The lowest BCUT2D eigenvalue weighted by atomic mass is 10.2. The zero-order chi connectivity index (χ0) is 14.7. The molecular formula is C14H10BrN5O. The van der Waals surface area contributed by atoms with E-state index in [0.717, 1.165) is 5.69 Å². The lowest BCUT2D eigenvalue weighted by molar-refractivity contribution is 0.102. The molecule has 3 rings (SSSR count). The first-order valence-corrected chi connectivity index (χ1v) is 6.91. The van der Waals surface area contributed by atoms with Gasteiger partial charge in [0.2, 0.25) is 0 Å². The number of hydrogen-bond acceptors (Lipinski definition) is 4. The molecule has 0 fully saturated rings. The number of benzene rings is 1. The van der Waals surface area contributed by atoms with Gasteiger partial charge in [0.1, 0.15) is 17.3 Å². The molecule has 2 heterocycles. The fourth-order valence-electron chi connectivity index (χ4n) is 1.86. The summed E-state index contributed by atoms with van der Waals surface area (Å²) in [6, 6.07) is 10.8. The minimum Gasteiger partial charge on any atom is -0.320 e. The molecule has 0 saturated heterocycles. The third-order valence-corrected chi connectivity index (χ3v) is 3.45. The molecule has 0 unspecified atom stereocenters. The van der Waals surface area contributed by atoms with Crippen molar-refractivity contribution in [3.8, 4) is 5.69 Å². The predicted octanol–water partition coefficient (Wildman–Crippen LogP) is 2.68. The van der Waals surface area contributed by atoms with E-state index in [0.29, 0.717) is 15.9 Å². The van der Waals surface area contributed by atoms with Crippen LogP contribution in [0, 0.1) is 0 Å². The average molecular weight is 344 g/mol. The van der Waals surface area contributed by atoms with Gasteiger partial charge in [-0.2, -0.15) is 5.10 Å². The summed E-state index contributed by atoms with van der Waals surface area (Å²) in [6.07, 6.45) is 4.63. The van der Waals surface area contributed by atoms with Crippen molar-refractivity contribution in [3.63, 3.8) is 0 Å². The van der Waals surface area contributed by atoms with Crippen LogP contribution in [0.4, 0.5) is 5.69 Å². The fraction of sp³-hybridized carbons (Fsp3) is 0.